The van der Waals surface area contributed by atoms with Gasteiger partial charge in [0.25, 0.3) is 10.0 Å². The van der Waals surface area contributed by atoms with Crippen molar-refractivity contribution in [1.29, 1.82) is 0 Å². The summed E-state index contributed by atoms with van der Waals surface area (Å²) in [5.74, 6) is -4.09. The third kappa shape index (κ3) is 5.68. The summed E-state index contributed by atoms with van der Waals surface area (Å²) in [6.45, 7) is 0. The maximum atomic E-state index is 14.8. The van der Waals surface area contributed by atoms with Crippen molar-refractivity contribution in [3.63, 3.8) is 0 Å². The van der Waals surface area contributed by atoms with E-state index in [0.29, 0.717) is 17.7 Å². The zero-order chi connectivity index (χ0) is 25.4. The van der Waals surface area contributed by atoms with E-state index >= 15 is 0 Å². The van der Waals surface area contributed by atoms with Crippen LogP contribution in [0.2, 0.25) is 0 Å². The molecule has 1 N–H and O–H groups in total. The number of halogens is 5. The van der Waals surface area contributed by atoms with Gasteiger partial charge in [0.05, 0.1) is 11.7 Å². The summed E-state index contributed by atoms with van der Waals surface area (Å²) in [5.41, 5.74) is 1.67. The van der Waals surface area contributed by atoms with Crippen molar-refractivity contribution in [1.82, 2.24) is 14.8 Å². The lowest BCUT2D eigenvalue weighted by Gasteiger charge is -2.15. The van der Waals surface area contributed by atoms with Crippen LogP contribution >= 0.6 is 11.3 Å². The Labute approximate surface area is 198 Å². The molecule has 0 saturated carbocycles. The third-order valence-electron chi connectivity index (χ3n) is 4.37. The standard InChI is InChI=1S/C20H13F5N4O4S2/c1-29-8-11(7-27-29)13-4-12(33-20(23,24)25)2-3-16(13)32-17-5-15(22)18(6-14(17)21)35(30,31)28-19-9-34-10-26-19/h2-10,28H,1H3. The molecule has 0 atom stereocenters. The van der Waals surface area contributed by atoms with Gasteiger partial charge in [-0.2, -0.15) is 5.10 Å². The lowest BCUT2D eigenvalue weighted by Crippen LogP contribution is -2.17. The number of aryl methyl sites for hydroxylation is 1. The van der Waals surface area contributed by atoms with Gasteiger partial charge in [-0.05, 0) is 18.2 Å². The Morgan fingerprint density at radius 2 is 1.86 bits per heavy atom. The molecule has 4 rings (SSSR count). The number of nitrogens with one attached hydrogen (secondary N) is 1. The van der Waals surface area contributed by atoms with Gasteiger partial charge in [0.2, 0.25) is 0 Å². The number of ether oxygens (including phenoxy) is 2. The predicted molar refractivity (Wildman–Crippen MR) is 115 cm³/mol. The number of hydrogen-bond acceptors (Lipinski definition) is 7. The van der Waals surface area contributed by atoms with Crippen LogP contribution in [-0.2, 0) is 17.1 Å². The molecule has 2 aromatic heterocycles. The van der Waals surface area contributed by atoms with Gasteiger partial charge in [0.1, 0.15) is 22.2 Å². The quantitative estimate of drug-likeness (QED) is 0.324. The molecule has 35 heavy (non-hydrogen) atoms. The second kappa shape index (κ2) is 9.14. The third-order valence-corrected chi connectivity index (χ3v) is 6.32. The van der Waals surface area contributed by atoms with Crippen LogP contribution in [0.3, 0.4) is 0 Å². The highest BCUT2D eigenvalue weighted by atomic mass is 32.2. The van der Waals surface area contributed by atoms with Gasteiger partial charge in [0.15, 0.2) is 17.4 Å². The van der Waals surface area contributed by atoms with Gasteiger partial charge in [-0.3, -0.25) is 9.40 Å². The fourth-order valence-electron chi connectivity index (χ4n) is 2.95. The van der Waals surface area contributed by atoms with E-state index in [-0.39, 0.29) is 17.1 Å². The van der Waals surface area contributed by atoms with Crippen LogP contribution in [0.15, 0.2) is 58.5 Å². The number of aromatic nitrogens is 3. The zero-order valence-electron chi connectivity index (χ0n) is 17.4. The van der Waals surface area contributed by atoms with Crippen molar-refractivity contribution < 1.29 is 39.8 Å². The van der Waals surface area contributed by atoms with Crippen LogP contribution in [0.1, 0.15) is 0 Å². The molecule has 184 valence electrons. The van der Waals surface area contributed by atoms with Gasteiger partial charge >= 0.3 is 6.36 Å². The van der Waals surface area contributed by atoms with Gasteiger partial charge in [-0.1, -0.05) is 0 Å². The molecule has 0 spiro atoms. The lowest BCUT2D eigenvalue weighted by molar-refractivity contribution is -0.274. The summed E-state index contributed by atoms with van der Waals surface area (Å²) in [6.07, 6.45) is -2.19. The fraction of sp³-hybridized carbons (Fsp3) is 0.100. The highest BCUT2D eigenvalue weighted by Crippen LogP contribution is 2.39. The van der Waals surface area contributed by atoms with E-state index in [1.54, 1.807) is 7.05 Å². The Hall–Kier alpha value is -3.72. The van der Waals surface area contributed by atoms with E-state index in [0.717, 1.165) is 29.5 Å². The molecular weight excluding hydrogens is 519 g/mol. The fourth-order valence-corrected chi connectivity index (χ4v) is 4.58. The molecule has 15 heteroatoms. The SMILES string of the molecule is Cn1cc(-c2cc(OC(F)(F)F)ccc2Oc2cc(F)c(S(=O)(=O)Nc3cscn3)cc2F)cn1. The minimum absolute atomic E-state index is 0.0292. The van der Waals surface area contributed by atoms with Crippen molar-refractivity contribution in [3.8, 4) is 28.4 Å². The van der Waals surface area contributed by atoms with Crippen LogP contribution in [0.25, 0.3) is 11.1 Å². The molecule has 0 fully saturated rings. The molecule has 0 unspecified atom stereocenters. The summed E-state index contributed by atoms with van der Waals surface area (Å²) >= 11 is 1.09. The average molecular weight is 532 g/mol. The molecule has 8 nitrogen and oxygen atoms in total. The van der Waals surface area contributed by atoms with E-state index in [4.69, 9.17) is 4.74 Å². The topological polar surface area (TPSA) is 95.3 Å². The molecule has 0 saturated heterocycles. The van der Waals surface area contributed by atoms with Crippen LogP contribution in [0.5, 0.6) is 17.2 Å². The van der Waals surface area contributed by atoms with E-state index < -0.39 is 44.4 Å². The minimum atomic E-state index is -4.96. The number of rotatable bonds is 7. The Morgan fingerprint density at radius 1 is 1.09 bits per heavy atom. The molecule has 0 aliphatic carbocycles. The number of anilines is 1. The Morgan fingerprint density at radius 3 is 2.49 bits per heavy atom. The van der Waals surface area contributed by atoms with Crippen molar-refractivity contribution in [2.75, 3.05) is 4.72 Å². The highest BCUT2D eigenvalue weighted by molar-refractivity contribution is 7.92. The van der Waals surface area contributed by atoms with E-state index in [1.807, 2.05) is 4.72 Å². The summed E-state index contributed by atoms with van der Waals surface area (Å²) in [4.78, 5) is 2.73. The summed E-state index contributed by atoms with van der Waals surface area (Å²) in [5, 5.41) is 5.29. The second-order valence-corrected chi connectivity index (χ2v) is 9.27. The lowest BCUT2D eigenvalue weighted by atomic mass is 10.1. The number of benzene rings is 2. The first-order valence-corrected chi connectivity index (χ1v) is 11.8. The number of hydrogen-bond donors (Lipinski definition) is 1. The first-order valence-electron chi connectivity index (χ1n) is 9.38. The first kappa shape index (κ1) is 24.4. The first-order chi connectivity index (χ1) is 16.4. The Bertz CT molecular complexity index is 1470. The van der Waals surface area contributed by atoms with Gasteiger partial charge in [-0.25, -0.2) is 22.2 Å². The molecule has 2 aromatic carbocycles. The van der Waals surface area contributed by atoms with E-state index in [9.17, 15) is 30.4 Å². The Balaban J connectivity index is 1.70. The molecule has 0 radical (unpaired) electrons. The monoisotopic (exact) mass is 532 g/mol. The van der Waals surface area contributed by atoms with Crippen LogP contribution in [0, 0.1) is 11.6 Å². The van der Waals surface area contributed by atoms with E-state index in [2.05, 4.69) is 14.8 Å². The van der Waals surface area contributed by atoms with Crippen molar-refractivity contribution in [3.05, 3.63) is 65.3 Å². The van der Waals surface area contributed by atoms with Crippen molar-refractivity contribution in [2.45, 2.75) is 11.3 Å². The second-order valence-electron chi connectivity index (χ2n) is 6.90. The summed E-state index contributed by atoms with van der Waals surface area (Å²) in [7, 11) is -2.94. The maximum Gasteiger partial charge on any atom is 0.573 e. The number of alkyl halides is 3. The molecular formula is C20H13F5N4O4S2. The van der Waals surface area contributed by atoms with Gasteiger partial charge < -0.3 is 9.47 Å². The summed E-state index contributed by atoms with van der Waals surface area (Å²) in [6, 6.07) is 3.91. The zero-order valence-corrected chi connectivity index (χ0v) is 19.0. The van der Waals surface area contributed by atoms with Crippen LogP contribution in [0.4, 0.5) is 27.8 Å². The highest BCUT2D eigenvalue weighted by Gasteiger charge is 2.31. The number of sulfonamides is 1. The number of thiazole rings is 1. The molecule has 0 bridgehead atoms. The number of nitrogens with zero attached hydrogens (tertiary/aromatic N) is 3. The van der Waals surface area contributed by atoms with Crippen molar-refractivity contribution >= 4 is 27.2 Å². The summed E-state index contributed by atoms with van der Waals surface area (Å²) < 4.78 is 105. The van der Waals surface area contributed by atoms with Gasteiger partial charge in [-0.15, -0.1) is 24.5 Å². The molecule has 0 aliphatic heterocycles. The average Bonchev–Trinajstić information content (AvgIpc) is 3.41. The largest absolute Gasteiger partial charge is 0.573 e. The maximum absolute atomic E-state index is 14.8. The molecule has 2 heterocycles. The predicted octanol–water partition coefficient (Wildman–Crippen LogP) is 5.31. The smallest absolute Gasteiger partial charge is 0.454 e. The molecule has 0 amide bonds. The van der Waals surface area contributed by atoms with Gasteiger partial charge in [0, 0.05) is 41.9 Å². The normalized spacial score (nSPS) is 11.9. The van der Waals surface area contributed by atoms with Crippen LogP contribution in [-0.4, -0.2) is 29.5 Å². The van der Waals surface area contributed by atoms with Crippen molar-refractivity contribution in [2.24, 2.45) is 7.05 Å². The van der Waals surface area contributed by atoms with Crippen LogP contribution < -0.4 is 14.2 Å². The Kier molecular flexibility index (Phi) is 6.38. The molecule has 0 aliphatic rings. The minimum Gasteiger partial charge on any atom is -0.454 e. The van der Waals surface area contributed by atoms with E-state index in [1.165, 1.54) is 28.0 Å². The molecule has 4 aromatic rings.